The summed E-state index contributed by atoms with van der Waals surface area (Å²) in [6, 6.07) is 21.9. The van der Waals surface area contributed by atoms with Gasteiger partial charge >= 0.3 is 0 Å². The maximum atomic E-state index is 5.11. The molecule has 0 fully saturated rings. The molecular formula is C25H24N2. The lowest BCUT2D eigenvalue weighted by Crippen LogP contribution is -2.15. The van der Waals surface area contributed by atoms with E-state index in [-0.39, 0.29) is 0 Å². The number of para-hydroxylation sites is 1. The van der Waals surface area contributed by atoms with Gasteiger partial charge in [-0.1, -0.05) is 75.4 Å². The molecule has 1 atom stereocenters. The lowest BCUT2D eigenvalue weighted by Gasteiger charge is -2.29. The van der Waals surface area contributed by atoms with Gasteiger partial charge in [-0.3, -0.25) is 4.57 Å². The molecule has 0 bridgehead atoms. The van der Waals surface area contributed by atoms with Crippen LogP contribution in [-0.2, 0) is 0 Å². The first-order valence-electron chi connectivity index (χ1n) is 9.78. The summed E-state index contributed by atoms with van der Waals surface area (Å²) in [5.41, 5.74) is 10.3. The summed E-state index contributed by atoms with van der Waals surface area (Å²) in [5, 5.41) is 0. The van der Waals surface area contributed by atoms with E-state index in [0.29, 0.717) is 11.8 Å². The van der Waals surface area contributed by atoms with Gasteiger partial charge in [-0.05, 0) is 41.2 Å². The van der Waals surface area contributed by atoms with Crippen LogP contribution in [0.15, 0.2) is 60.7 Å². The highest BCUT2D eigenvalue weighted by atomic mass is 15.1. The van der Waals surface area contributed by atoms with E-state index in [1.165, 1.54) is 33.5 Å². The van der Waals surface area contributed by atoms with Gasteiger partial charge in [0.15, 0.2) is 0 Å². The molecule has 0 aliphatic carbocycles. The summed E-state index contributed by atoms with van der Waals surface area (Å²) in [5.74, 6) is 1.87. The molecule has 5 rings (SSSR count). The summed E-state index contributed by atoms with van der Waals surface area (Å²) >= 11 is 0. The van der Waals surface area contributed by atoms with Crippen molar-refractivity contribution >= 4 is 11.0 Å². The second kappa shape index (κ2) is 5.82. The van der Waals surface area contributed by atoms with E-state index in [0.717, 1.165) is 16.9 Å². The van der Waals surface area contributed by atoms with Crippen molar-refractivity contribution < 1.29 is 0 Å². The van der Waals surface area contributed by atoms with Gasteiger partial charge in [0.05, 0.1) is 16.7 Å². The molecular weight excluding hydrogens is 328 g/mol. The minimum atomic E-state index is 0.369. The zero-order chi connectivity index (χ0) is 18.7. The molecule has 0 saturated heterocycles. The molecule has 0 saturated carbocycles. The molecule has 0 amide bonds. The molecule has 1 aliphatic heterocycles. The maximum Gasteiger partial charge on any atom is 0.145 e. The smallest absolute Gasteiger partial charge is 0.145 e. The van der Waals surface area contributed by atoms with Crippen molar-refractivity contribution in [2.45, 2.75) is 39.5 Å². The molecule has 4 aromatic rings. The van der Waals surface area contributed by atoms with Crippen LogP contribution in [0.5, 0.6) is 0 Å². The summed E-state index contributed by atoms with van der Waals surface area (Å²) in [6.07, 6.45) is 0. The highest BCUT2D eigenvalue weighted by molar-refractivity contribution is 5.90. The average molecular weight is 352 g/mol. The van der Waals surface area contributed by atoms with Crippen molar-refractivity contribution in [1.82, 2.24) is 9.55 Å². The highest BCUT2D eigenvalue weighted by Crippen LogP contribution is 2.45. The van der Waals surface area contributed by atoms with Crippen LogP contribution in [0.1, 0.15) is 54.9 Å². The number of nitrogens with zero attached hydrogens (tertiary/aromatic N) is 2. The quantitative estimate of drug-likeness (QED) is 0.398. The Labute approximate surface area is 160 Å². The zero-order valence-electron chi connectivity index (χ0n) is 16.3. The lowest BCUT2D eigenvalue weighted by molar-refractivity contribution is 0.813. The molecule has 1 aliphatic rings. The third kappa shape index (κ3) is 2.29. The largest absolute Gasteiger partial charge is 0.291 e. The van der Waals surface area contributed by atoms with E-state index in [4.69, 9.17) is 4.98 Å². The van der Waals surface area contributed by atoms with Gasteiger partial charge in [0, 0.05) is 11.5 Å². The van der Waals surface area contributed by atoms with Crippen LogP contribution in [0.3, 0.4) is 0 Å². The second-order valence-electron chi connectivity index (χ2n) is 8.02. The molecule has 0 radical (unpaired) electrons. The van der Waals surface area contributed by atoms with Gasteiger partial charge in [-0.15, -0.1) is 0 Å². The molecule has 2 heteroatoms. The molecule has 0 N–H and O–H groups in total. The fraction of sp³-hybridized carbons (Fsp3) is 0.240. The topological polar surface area (TPSA) is 17.8 Å². The first kappa shape index (κ1) is 16.3. The number of aryl methyl sites for hydroxylation is 1. The Hall–Kier alpha value is -2.87. The third-order valence-electron chi connectivity index (χ3n) is 5.83. The monoisotopic (exact) mass is 352 g/mol. The van der Waals surface area contributed by atoms with Crippen molar-refractivity contribution in [3.8, 4) is 17.1 Å². The predicted octanol–water partition coefficient (Wildman–Crippen LogP) is 6.59. The predicted molar refractivity (Wildman–Crippen MR) is 113 cm³/mol. The van der Waals surface area contributed by atoms with Gasteiger partial charge in [0.2, 0.25) is 0 Å². The van der Waals surface area contributed by atoms with E-state index in [2.05, 4.69) is 92.9 Å². The summed E-state index contributed by atoms with van der Waals surface area (Å²) in [4.78, 5) is 5.11. The van der Waals surface area contributed by atoms with Crippen molar-refractivity contribution in [2.75, 3.05) is 0 Å². The lowest BCUT2D eigenvalue weighted by atomic mass is 9.84. The Morgan fingerprint density at radius 3 is 2.44 bits per heavy atom. The molecule has 134 valence electrons. The van der Waals surface area contributed by atoms with Crippen LogP contribution < -0.4 is 0 Å². The van der Waals surface area contributed by atoms with Crippen molar-refractivity contribution in [2.24, 2.45) is 0 Å². The molecule has 3 aromatic carbocycles. The molecule has 0 spiro atoms. The molecule has 1 unspecified atom stereocenters. The third-order valence-corrected chi connectivity index (χ3v) is 5.83. The van der Waals surface area contributed by atoms with Crippen LogP contribution >= 0.6 is 0 Å². The Balaban J connectivity index is 1.98. The van der Waals surface area contributed by atoms with Gasteiger partial charge in [-0.25, -0.2) is 4.98 Å². The van der Waals surface area contributed by atoms with E-state index in [9.17, 15) is 0 Å². The number of benzene rings is 3. The van der Waals surface area contributed by atoms with E-state index >= 15 is 0 Å². The Kier molecular flexibility index (Phi) is 3.51. The number of hydrogen-bond acceptors (Lipinski definition) is 1. The first-order valence-corrected chi connectivity index (χ1v) is 9.78. The Morgan fingerprint density at radius 2 is 1.70 bits per heavy atom. The number of hydrogen-bond donors (Lipinski definition) is 0. The van der Waals surface area contributed by atoms with Gasteiger partial charge < -0.3 is 0 Å². The summed E-state index contributed by atoms with van der Waals surface area (Å²) < 4.78 is 2.42. The minimum absolute atomic E-state index is 0.369. The van der Waals surface area contributed by atoms with Crippen LogP contribution in [-0.4, -0.2) is 9.55 Å². The van der Waals surface area contributed by atoms with Crippen molar-refractivity contribution in [3.05, 3.63) is 82.9 Å². The van der Waals surface area contributed by atoms with E-state index < -0.39 is 0 Å². The van der Waals surface area contributed by atoms with Crippen molar-refractivity contribution in [3.63, 3.8) is 0 Å². The van der Waals surface area contributed by atoms with Crippen LogP contribution in [0.4, 0.5) is 0 Å². The molecule has 2 nitrogen and oxygen atoms in total. The van der Waals surface area contributed by atoms with Gasteiger partial charge in [-0.2, -0.15) is 0 Å². The minimum Gasteiger partial charge on any atom is -0.291 e. The first-order chi connectivity index (χ1) is 13.1. The average Bonchev–Trinajstić information content (AvgIpc) is 3.05. The van der Waals surface area contributed by atoms with Crippen LogP contribution in [0.25, 0.3) is 28.1 Å². The van der Waals surface area contributed by atoms with Gasteiger partial charge in [0.1, 0.15) is 5.82 Å². The normalized spacial score (nSPS) is 15.4. The number of rotatable bonds is 2. The zero-order valence-corrected chi connectivity index (χ0v) is 16.3. The Morgan fingerprint density at radius 1 is 0.926 bits per heavy atom. The van der Waals surface area contributed by atoms with Crippen molar-refractivity contribution in [1.29, 1.82) is 0 Å². The fourth-order valence-corrected chi connectivity index (χ4v) is 4.54. The molecule has 27 heavy (non-hydrogen) atoms. The fourth-order valence-electron chi connectivity index (χ4n) is 4.54. The highest BCUT2D eigenvalue weighted by Gasteiger charge is 2.30. The number of fused-ring (bicyclic) bond motifs is 2. The Bertz CT molecular complexity index is 1170. The van der Waals surface area contributed by atoms with E-state index in [1.54, 1.807) is 0 Å². The van der Waals surface area contributed by atoms with Crippen LogP contribution in [0.2, 0.25) is 0 Å². The van der Waals surface area contributed by atoms with Gasteiger partial charge in [0.25, 0.3) is 0 Å². The van der Waals surface area contributed by atoms with E-state index in [1.807, 2.05) is 0 Å². The molecule has 2 heterocycles. The standard InChI is InChI=1S/C25H24N2/c1-15(2)19-11-8-12-20-17(4)21-13-16(3)14-22-24(21)27(23(19)20)25(26-22)18-9-6-5-7-10-18/h5-15,17H,1-4H3. The van der Waals surface area contributed by atoms with Crippen LogP contribution in [0, 0.1) is 6.92 Å². The summed E-state index contributed by atoms with van der Waals surface area (Å²) in [7, 11) is 0. The summed E-state index contributed by atoms with van der Waals surface area (Å²) in [6.45, 7) is 9.06. The SMILES string of the molecule is Cc1cc2c3c(c1)nc(-c1ccccc1)n3-c1c(C(C)C)cccc1C2C. The molecule has 1 aromatic heterocycles. The maximum absolute atomic E-state index is 5.11. The number of aromatic nitrogens is 2. The number of imidazole rings is 1. The second-order valence-corrected chi connectivity index (χ2v) is 8.02.